The molecule has 0 fully saturated rings. The Morgan fingerprint density at radius 1 is 1.23 bits per heavy atom. The van der Waals surface area contributed by atoms with Gasteiger partial charge in [0.15, 0.2) is 6.61 Å². The summed E-state index contributed by atoms with van der Waals surface area (Å²) >= 11 is 2.39. The fourth-order valence-electron chi connectivity index (χ4n) is 3.25. The molecule has 0 aliphatic carbocycles. The monoisotopic (exact) mass is 454 g/mol. The minimum atomic E-state index is -0.645. The molecule has 4 heterocycles. The van der Waals surface area contributed by atoms with Crippen molar-refractivity contribution in [3.8, 4) is 5.69 Å². The number of carbonyl (C=O) groups is 3. The van der Waals surface area contributed by atoms with Crippen LogP contribution in [0.2, 0.25) is 0 Å². The van der Waals surface area contributed by atoms with E-state index in [1.54, 1.807) is 5.38 Å². The van der Waals surface area contributed by atoms with E-state index in [-0.39, 0.29) is 5.56 Å². The lowest BCUT2D eigenvalue weighted by molar-refractivity contribution is -0.119. The van der Waals surface area contributed by atoms with Crippen LogP contribution in [-0.2, 0) is 9.53 Å². The number of primary amides is 1. The third kappa shape index (κ3) is 4.07. The van der Waals surface area contributed by atoms with Crippen molar-refractivity contribution in [3.63, 3.8) is 0 Å². The van der Waals surface area contributed by atoms with Crippen LogP contribution in [0.5, 0.6) is 0 Å². The van der Waals surface area contributed by atoms with Crippen LogP contribution in [-0.4, -0.2) is 33.9 Å². The average molecular weight is 455 g/mol. The standard InChI is InChI=1S/C21H18N4O4S2/c1-11-9-12(2)23-20-15(11)16(25-6-3-4-7-25)17(31-20)21(28)29-10-14(26)24-19-13(18(22)27)5-8-30-19/h3-9H,10H2,1-2H3,(H2,22,27)(H,24,26). The van der Waals surface area contributed by atoms with E-state index in [1.807, 2.05) is 49.0 Å². The van der Waals surface area contributed by atoms with Crippen molar-refractivity contribution in [2.75, 3.05) is 11.9 Å². The minimum Gasteiger partial charge on any atom is -0.451 e. The number of rotatable bonds is 6. The van der Waals surface area contributed by atoms with Gasteiger partial charge in [-0.25, -0.2) is 9.78 Å². The molecule has 8 nitrogen and oxygen atoms in total. The molecule has 2 amide bonds. The van der Waals surface area contributed by atoms with Crippen LogP contribution in [0.15, 0.2) is 42.0 Å². The Morgan fingerprint density at radius 2 is 1.97 bits per heavy atom. The largest absolute Gasteiger partial charge is 0.451 e. The topological polar surface area (TPSA) is 116 Å². The lowest BCUT2D eigenvalue weighted by atomic mass is 10.1. The first-order valence-corrected chi connectivity index (χ1v) is 10.9. The molecule has 0 atom stereocenters. The number of nitrogens with one attached hydrogen (secondary N) is 1. The second-order valence-corrected chi connectivity index (χ2v) is 8.70. The van der Waals surface area contributed by atoms with Gasteiger partial charge in [-0.15, -0.1) is 22.7 Å². The molecule has 0 unspecified atom stereocenters. The first-order valence-electron chi connectivity index (χ1n) is 9.23. The van der Waals surface area contributed by atoms with Crippen LogP contribution in [0, 0.1) is 13.8 Å². The minimum absolute atomic E-state index is 0.209. The van der Waals surface area contributed by atoms with E-state index in [1.165, 1.54) is 17.4 Å². The van der Waals surface area contributed by atoms with Crippen LogP contribution in [0.1, 0.15) is 31.3 Å². The summed E-state index contributed by atoms with van der Waals surface area (Å²) < 4.78 is 7.12. The number of carbonyl (C=O) groups excluding carboxylic acids is 3. The Hall–Kier alpha value is -3.50. The zero-order chi connectivity index (χ0) is 22.1. The average Bonchev–Trinajstić information content (AvgIpc) is 3.44. The van der Waals surface area contributed by atoms with Gasteiger partial charge in [-0.05, 0) is 49.1 Å². The van der Waals surface area contributed by atoms with Crippen molar-refractivity contribution in [1.29, 1.82) is 0 Å². The molecule has 4 aromatic rings. The second kappa shape index (κ2) is 8.32. The molecule has 0 radical (unpaired) electrons. The molecule has 4 aromatic heterocycles. The van der Waals surface area contributed by atoms with Crippen molar-refractivity contribution in [2.24, 2.45) is 5.73 Å². The molecule has 0 aliphatic heterocycles. The number of hydrogen-bond donors (Lipinski definition) is 2. The van der Waals surface area contributed by atoms with Crippen molar-refractivity contribution >= 4 is 55.7 Å². The van der Waals surface area contributed by atoms with Gasteiger partial charge in [0.1, 0.15) is 14.7 Å². The normalized spacial score (nSPS) is 10.9. The first-order chi connectivity index (χ1) is 14.8. The number of esters is 1. The number of amides is 2. The van der Waals surface area contributed by atoms with E-state index in [0.717, 1.165) is 32.8 Å². The number of hydrogen-bond acceptors (Lipinski definition) is 7. The van der Waals surface area contributed by atoms with Gasteiger partial charge in [0, 0.05) is 23.5 Å². The zero-order valence-corrected chi connectivity index (χ0v) is 18.3. The summed E-state index contributed by atoms with van der Waals surface area (Å²) in [5.74, 6) is -1.83. The Kier molecular flexibility index (Phi) is 5.57. The number of nitrogens with zero attached hydrogens (tertiary/aromatic N) is 2. The number of fused-ring (bicyclic) bond motifs is 1. The summed E-state index contributed by atoms with van der Waals surface area (Å²) in [7, 11) is 0. The highest BCUT2D eigenvalue weighted by Gasteiger charge is 2.24. The zero-order valence-electron chi connectivity index (χ0n) is 16.7. The number of ether oxygens (including phenoxy) is 1. The highest BCUT2D eigenvalue weighted by Crippen LogP contribution is 2.36. The summed E-state index contributed by atoms with van der Waals surface area (Å²) in [4.78, 5) is 42.2. The van der Waals surface area contributed by atoms with E-state index in [4.69, 9.17) is 10.5 Å². The highest BCUT2D eigenvalue weighted by atomic mass is 32.1. The van der Waals surface area contributed by atoms with E-state index >= 15 is 0 Å². The molecular formula is C21H18N4O4S2. The van der Waals surface area contributed by atoms with Gasteiger partial charge in [-0.1, -0.05) is 0 Å². The maximum absolute atomic E-state index is 12.9. The highest BCUT2D eigenvalue weighted by molar-refractivity contribution is 7.21. The molecule has 0 saturated carbocycles. The van der Waals surface area contributed by atoms with Gasteiger partial charge in [0.2, 0.25) is 0 Å². The molecule has 4 rings (SSSR count). The number of anilines is 1. The summed E-state index contributed by atoms with van der Waals surface area (Å²) in [5.41, 5.74) is 8.01. The predicted octanol–water partition coefficient (Wildman–Crippen LogP) is 3.66. The molecule has 10 heteroatoms. The number of nitrogens with two attached hydrogens (primary N) is 1. The molecule has 158 valence electrons. The smallest absolute Gasteiger partial charge is 0.351 e. The maximum atomic E-state index is 12.9. The summed E-state index contributed by atoms with van der Waals surface area (Å²) in [6.07, 6.45) is 3.68. The van der Waals surface area contributed by atoms with Gasteiger partial charge in [0.25, 0.3) is 11.8 Å². The van der Waals surface area contributed by atoms with Gasteiger partial charge in [-0.2, -0.15) is 0 Å². The van der Waals surface area contributed by atoms with Gasteiger partial charge in [0.05, 0.1) is 11.3 Å². The SMILES string of the molecule is Cc1cc(C)c2c(-n3cccc3)c(C(=O)OCC(=O)Nc3sccc3C(N)=O)sc2n1. The predicted molar refractivity (Wildman–Crippen MR) is 120 cm³/mol. The molecule has 0 aromatic carbocycles. The van der Waals surface area contributed by atoms with E-state index in [9.17, 15) is 14.4 Å². The van der Waals surface area contributed by atoms with Crippen LogP contribution < -0.4 is 11.1 Å². The number of aromatic nitrogens is 2. The van der Waals surface area contributed by atoms with E-state index in [2.05, 4.69) is 10.3 Å². The fraction of sp³-hybridized carbons (Fsp3) is 0.143. The summed E-state index contributed by atoms with van der Waals surface area (Å²) in [5, 5.41) is 5.38. The third-order valence-corrected chi connectivity index (χ3v) is 6.41. The van der Waals surface area contributed by atoms with E-state index < -0.39 is 24.4 Å². The molecule has 0 bridgehead atoms. The number of pyridine rings is 1. The van der Waals surface area contributed by atoms with Crippen LogP contribution >= 0.6 is 22.7 Å². The van der Waals surface area contributed by atoms with Crippen LogP contribution in [0.4, 0.5) is 5.00 Å². The van der Waals surface area contributed by atoms with Crippen molar-refractivity contribution < 1.29 is 19.1 Å². The van der Waals surface area contributed by atoms with Crippen LogP contribution in [0.3, 0.4) is 0 Å². The molecule has 0 aliphatic rings. The van der Waals surface area contributed by atoms with Crippen molar-refractivity contribution in [1.82, 2.24) is 9.55 Å². The van der Waals surface area contributed by atoms with Gasteiger partial charge in [-0.3, -0.25) is 9.59 Å². The molecule has 31 heavy (non-hydrogen) atoms. The lowest BCUT2D eigenvalue weighted by Gasteiger charge is -2.09. The fourth-order valence-corrected chi connectivity index (χ4v) is 5.25. The van der Waals surface area contributed by atoms with Gasteiger partial charge >= 0.3 is 5.97 Å². The Balaban J connectivity index is 1.59. The number of thiophene rings is 2. The summed E-state index contributed by atoms with van der Waals surface area (Å²) in [6, 6.07) is 7.20. The van der Waals surface area contributed by atoms with Crippen molar-refractivity contribution in [3.05, 3.63) is 63.7 Å². The Morgan fingerprint density at radius 3 is 2.68 bits per heavy atom. The Labute approximate surface area is 185 Å². The molecular weight excluding hydrogens is 436 g/mol. The third-order valence-electron chi connectivity index (χ3n) is 4.53. The molecule has 3 N–H and O–H groups in total. The molecule has 0 saturated heterocycles. The first kappa shape index (κ1) is 20.8. The van der Waals surface area contributed by atoms with E-state index in [0.29, 0.717) is 15.6 Å². The van der Waals surface area contributed by atoms with Crippen LogP contribution in [0.25, 0.3) is 15.9 Å². The summed E-state index contributed by atoms with van der Waals surface area (Å²) in [6.45, 7) is 3.37. The van der Waals surface area contributed by atoms with Crippen molar-refractivity contribution in [2.45, 2.75) is 13.8 Å². The number of aryl methyl sites for hydroxylation is 2. The lowest BCUT2D eigenvalue weighted by Crippen LogP contribution is -2.22. The second-order valence-electron chi connectivity index (χ2n) is 6.78. The Bertz CT molecular complexity index is 1300. The molecule has 0 spiro atoms. The quantitative estimate of drug-likeness (QED) is 0.431. The van der Waals surface area contributed by atoms with Gasteiger partial charge < -0.3 is 20.4 Å². The maximum Gasteiger partial charge on any atom is 0.351 e.